The van der Waals surface area contributed by atoms with Gasteiger partial charge in [0.05, 0.1) is 29.8 Å². The average Bonchev–Trinajstić information content (AvgIpc) is 2.81. The van der Waals surface area contributed by atoms with Gasteiger partial charge in [0.15, 0.2) is 0 Å². The Bertz CT molecular complexity index is 497. The van der Waals surface area contributed by atoms with Crippen LogP contribution < -0.4 is 10.1 Å². The van der Waals surface area contributed by atoms with E-state index in [0.717, 1.165) is 25.9 Å². The first-order chi connectivity index (χ1) is 8.20. The van der Waals surface area contributed by atoms with Gasteiger partial charge in [-0.05, 0) is 44.0 Å². The van der Waals surface area contributed by atoms with Crippen molar-refractivity contribution < 1.29 is 9.15 Å². The minimum Gasteiger partial charge on any atom is -0.495 e. The van der Waals surface area contributed by atoms with Crippen LogP contribution in [-0.2, 0) is 6.54 Å². The van der Waals surface area contributed by atoms with Crippen LogP contribution in [0.15, 0.2) is 44.1 Å². The Hall–Kier alpha value is -0.940. The number of hydrogen-bond acceptors (Lipinski definition) is 3. The van der Waals surface area contributed by atoms with Crippen LogP contribution in [0.5, 0.6) is 5.75 Å². The zero-order valence-electron chi connectivity index (χ0n) is 9.17. The van der Waals surface area contributed by atoms with Gasteiger partial charge in [0.1, 0.15) is 5.75 Å². The van der Waals surface area contributed by atoms with E-state index in [2.05, 4.69) is 37.2 Å². The van der Waals surface area contributed by atoms with Gasteiger partial charge in [-0.25, -0.2) is 0 Å². The molecule has 0 aliphatic heterocycles. The molecule has 5 heteroatoms. The summed E-state index contributed by atoms with van der Waals surface area (Å²) in [4.78, 5) is 0. The van der Waals surface area contributed by atoms with Gasteiger partial charge in [-0.2, -0.15) is 0 Å². The molecule has 0 radical (unpaired) electrons. The van der Waals surface area contributed by atoms with Gasteiger partial charge in [0, 0.05) is 22.6 Å². The molecule has 0 saturated heterocycles. The van der Waals surface area contributed by atoms with Crippen molar-refractivity contribution in [1.82, 2.24) is 0 Å². The lowest BCUT2D eigenvalue weighted by atomic mass is 10.2. The van der Waals surface area contributed by atoms with Crippen LogP contribution in [0.2, 0.25) is 0 Å². The van der Waals surface area contributed by atoms with Gasteiger partial charge in [-0.3, -0.25) is 0 Å². The Morgan fingerprint density at radius 1 is 1.29 bits per heavy atom. The lowest BCUT2D eigenvalue weighted by molar-refractivity contribution is 0.412. The highest BCUT2D eigenvalue weighted by molar-refractivity contribution is 9.11. The fraction of sp³-hybridized carbons (Fsp3) is 0.167. The molecule has 0 saturated carbocycles. The monoisotopic (exact) mass is 359 g/mol. The fourth-order valence-corrected chi connectivity index (χ4v) is 2.71. The van der Waals surface area contributed by atoms with Crippen LogP contribution in [0.3, 0.4) is 0 Å². The molecule has 17 heavy (non-hydrogen) atoms. The van der Waals surface area contributed by atoms with E-state index in [1.54, 1.807) is 19.6 Å². The number of hydrogen-bond donors (Lipinski definition) is 1. The Morgan fingerprint density at radius 3 is 2.76 bits per heavy atom. The van der Waals surface area contributed by atoms with E-state index in [4.69, 9.17) is 9.15 Å². The topological polar surface area (TPSA) is 34.4 Å². The largest absolute Gasteiger partial charge is 0.495 e. The van der Waals surface area contributed by atoms with Crippen LogP contribution in [-0.4, -0.2) is 7.11 Å². The summed E-state index contributed by atoms with van der Waals surface area (Å²) < 4.78 is 12.2. The molecule has 0 spiro atoms. The van der Waals surface area contributed by atoms with Crippen molar-refractivity contribution in [3.8, 4) is 5.75 Å². The van der Waals surface area contributed by atoms with Crippen molar-refractivity contribution in [3.63, 3.8) is 0 Å². The predicted molar refractivity (Wildman–Crippen MR) is 74.4 cm³/mol. The first-order valence-electron chi connectivity index (χ1n) is 4.98. The minimum absolute atomic E-state index is 0.708. The van der Waals surface area contributed by atoms with Crippen LogP contribution in [0.4, 0.5) is 5.69 Å². The van der Waals surface area contributed by atoms with Crippen molar-refractivity contribution in [2.75, 3.05) is 12.4 Å². The number of furan rings is 1. The van der Waals surface area contributed by atoms with Gasteiger partial charge in [-0.1, -0.05) is 0 Å². The third kappa shape index (κ3) is 3.04. The molecule has 1 aromatic heterocycles. The Kier molecular flexibility index (Phi) is 4.12. The zero-order chi connectivity index (χ0) is 12.3. The molecule has 1 aromatic carbocycles. The fourth-order valence-electron chi connectivity index (χ4n) is 1.41. The highest BCUT2D eigenvalue weighted by Gasteiger charge is 2.07. The van der Waals surface area contributed by atoms with E-state index < -0.39 is 0 Å². The van der Waals surface area contributed by atoms with E-state index in [1.165, 1.54) is 0 Å². The van der Waals surface area contributed by atoms with Crippen LogP contribution in [0.25, 0.3) is 0 Å². The lowest BCUT2D eigenvalue weighted by Gasteiger charge is -2.11. The maximum atomic E-state index is 5.25. The van der Waals surface area contributed by atoms with E-state index in [-0.39, 0.29) is 0 Å². The average molecular weight is 361 g/mol. The van der Waals surface area contributed by atoms with E-state index in [0.29, 0.717) is 6.54 Å². The number of rotatable bonds is 4. The first-order valence-corrected chi connectivity index (χ1v) is 6.57. The summed E-state index contributed by atoms with van der Waals surface area (Å²) in [7, 11) is 1.65. The van der Waals surface area contributed by atoms with Gasteiger partial charge < -0.3 is 14.5 Å². The quantitative estimate of drug-likeness (QED) is 0.875. The van der Waals surface area contributed by atoms with Crippen LogP contribution in [0, 0.1) is 0 Å². The normalized spacial score (nSPS) is 10.3. The summed E-state index contributed by atoms with van der Waals surface area (Å²) in [6, 6.07) is 5.82. The minimum atomic E-state index is 0.708. The maximum absolute atomic E-state index is 5.25. The molecule has 0 unspecified atom stereocenters. The number of ether oxygens (including phenoxy) is 1. The number of halogens is 2. The Morgan fingerprint density at radius 2 is 2.12 bits per heavy atom. The number of anilines is 1. The summed E-state index contributed by atoms with van der Waals surface area (Å²) in [5.41, 5.74) is 2.07. The second kappa shape index (κ2) is 5.60. The Balaban J connectivity index is 2.15. The van der Waals surface area contributed by atoms with Gasteiger partial charge in [0.2, 0.25) is 0 Å². The summed E-state index contributed by atoms with van der Waals surface area (Å²) in [6.45, 7) is 0.708. The third-order valence-corrected chi connectivity index (χ3v) is 3.58. The van der Waals surface area contributed by atoms with Crippen LogP contribution in [0.1, 0.15) is 5.56 Å². The molecule has 0 fully saturated rings. The van der Waals surface area contributed by atoms with Crippen molar-refractivity contribution in [2.45, 2.75) is 6.54 Å². The molecule has 0 atom stereocenters. The first kappa shape index (κ1) is 12.5. The third-order valence-electron chi connectivity index (χ3n) is 2.30. The smallest absolute Gasteiger partial charge is 0.135 e. The molecular weight excluding hydrogens is 350 g/mol. The molecule has 0 aliphatic rings. The second-order valence-corrected chi connectivity index (χ2v) is 5.16. The summed E-state index contributed by atoms with van der Waals surface area (Å²) in [6.07, 6.45) is 3.38. The number of benzene rings is 1. The van der Waals surface area contributed by atoms with Crippen molar-refractivity contribution >= 4 is 37.5 Å². The molecular formula is C12H11Br2NO2. The summed E-state index contributed by atoms with van der Waals surface area (Å²) in [5, 5.41) is 3.31. The molecule has 0 amide bonds. The lowest BCUT2D eigenvalue weighted by Crippen LogP contribution is -1.99. The van der Waals surface area contributed by atoms with Crippen molar-refractivity contribution in [2.24, 2.45) is 0 Å². The van der Waals surface area contributed by atoms with Crippen molar-refractivity contribution in [3.05, 3.63) is 45.2 Å². The van der Waals surface area contributed by atoms with Gasteiger partial charge >= 0.3 is 0 Å². The predicted octanol–water partition coefficient (Wildman–Crippen LogP) is 4.43. The molecule has 1 heterocycles. The van der Waals surface area contributed by atoms with Gasteiger partial charge in [-0.15, -0.1) is 0 Å². The molecule has 0 aliphatic carbocycles. The Labute approximate surface area is 116 Å². The van der Waals surface area contributed by atoms with E-state index in [1.807, 2.05) is 18.2 Å². The second-order valence-electron chi connectivity index (χ2n) is 3.45. The number of methoxy groups -OCH3 is 1. The molecule has 0 bridgehead atoms. The zero-order valence-corrected chi connectivity index (χ0v) is 12.3. The summed E-state index contributed by atoms with van der Waals surface area (Å²) >= 11 is 6.94. The molecule has 2 rings (SSSR count). The molecule has 90 valence electrons. The van der Waals surface area contributed by atoms with Crippen LogP contribution >= 0.6 is 31.9 Å². The van der Waals surface area contributed by atoms with Gasteiger partial charge in [0.25, 0.3) is 0 Å². The summed E-state index contributed by atoms with van der Waals surface area (Å²) in [5.74, 6) is 0.794. The standard InChI is InChI=1S/C12H11Br2NO2/c1-16-12-5-11(9(13)4-10(12)14)15-6-8-2-3-17-7-8/h2-5,7,15H,6H2,1H3. The highest BCUT2D eigenvalue weighted by atomic mass is 79.9. The number of nitrogens with one attached hydrogen (secondary N) is 1. The molecule has 1 N–H and O–H groups in total. The maximum Gasteiger partial charge on any atom is 0.135 e. The van der Waals surface area contributed by atoms with Crippen molar-refractivity contribution in [1.29, 1.82) is 0 Å². The molecule has 3 nitrogen and oxygen atoms in total. The SMILES string of the molecule is COc1cc(NCc2ccoc2)c(Br)cc1Br. The highest BCUT2D eigenvalue weighted by Crippen LogP contribution is 2.34. The molecule has 2 aromatic rings. The van der Waals surface area contributed by atoms with E-state index in [9.17, 15) is 0 Å². The van der Waals surface area contributed by atoms with E-state index >= 15 is 0 Å².